The second-order valence-corrected chi connectivity index (χ2v) is 6.05. The van der Waals surface area contributed by atoms with Gasteiger partial charge in [-0.2, -0.15) is 26.3 Å². The summed E-state index contributed by atoms with van der Waals surface area (Å²) in [4.78, 5) is 14.8. The van der Waals surface area contributed by atoms with Crippen molar-refractivity contribution in [2.45, 2.75) is 31.8 Å². The standard InChI is InChI=1S/C16H14F6N2O2/c1-2-8-6-24(7-15(17,18)19)12-3-9-10(16(20,21)22)4-14(25)23-11(9)5-13(12)26-8/h3-5,8H,2,6-7H2,1H3,(H,23,25). The van der Waals surface area contributed by atoms with Crippen LogP contribution in [0, 0.1) is 0 Å². The number of alkyl halides is 6. The number of hydrogen-bond donors (Lipinski definition) is 1. The van der Waals surface area contributed by atoms with Gasteiger partial charge in [-0.05, 0) is 12.5 Å². The molecule has 1 aromatic carbocycles. The van der Waals surface area contributed by atoms with E-state index in [1.165, 1.54) is 0 Å². The van der Waals surface area contributed by atoms with Crippen LogP contribution in [0.1, 0.15) is 18.9 Å². The van der Waals surface area contributed by atoms with E-state index in [0.717, 1.165) is 17.0 Å². The van der Waals surface area contributed by atoms with Crippen LogP contribution in [0.3, 0.4) is 0 Å². The number of hydrogen-bond acceptors (Lipinski definition) is 3. The molecule has 2 heterocycles. The summed E-state index contributed by atoms with van der Waals surface area (Å²) in [5, 5.41) is -0.387. The van der Waals surface area contributed by atoms with Crippen LogP contribution < -0.4 is 15.2 Å². The van der Waals surface area contributed by atoms with E-state index in [0.29, 0.717) is 12.5 Å². The normalized spacial score (nSPS) is 18.0. The van der Waals surface area contributed by atoms with Crippen molar-refractivity contribution < 1.29 is 31.1 Å². The number of ether oxygens (including phenoxy) is 1. The van der Waals surface area contributed by atoms with Gasteiger partial charge in [0.2, 0.25) is 5.56 Å². The molecule has 3 rings (SSSR count). The van der Waals surface area contributed by atoms with Gasteiger partial charge in [-0.25, -0.2) is 0 Å². The molecule has 10 heteroatoms. The fourth-order valence-electron chi connectivity index (χ4n) is 2.99. The van der Waals surface area contributed by atoms with E-state index >= 15 is 0 Å². The van der Waals surface area contributed by atoms with E-state index in [1.54, 1.807) is 6.92 Å². The van der Waals surface area contributed by atoms with Gasteiger partial charge < -0.3 is 14.6 Å². The van der Waals surface area contributed by atoms with Crippen molar-refractivity contribution in [2.24, 2.45) is 0 Å². The van der Waals surface area contributed by atoms with E-state index in [9.17, 15) is 31.1 Å². The maximum absolute atomic E-state index is 13.2. The third-order valence-electron chi connectivity index (χ3n) is 4.11. The summed E-state index contributed by atoms with van der Waals surface area (Å²) in [7, 11) is 0. The monoisotopic (exact) mass is 380 g/mol. The first-order valence-electron chi connectivity index (χ1n) is 7.74. The minimum absolute atomic E-state index is 0.00910. The second kappa shape index (κ2) is 6.10. The quantitative estimate of drug-likeness (QED) is 0.799. The van der Waals surface area contributed by atoms with E-state index in [2.05, 4.69) is 4.98 Å². The Bertz CT molecular complexity index is 887. The number of aromatic nitrogens is 1. The van der Waals surface area contributed by atoms with Crippen LogP contribution in [0.4, 0.5) is 32.0 Å². The summed E-state index contributed by atoms with van der Waals surface area (Å²) >= 11 is 0. The molecule has 0 saturated heterocycles. The van der Waals surface area contributed by atoms with E-state index < -0.39 is 36.1 Å². The average Bonchev–Trinajstić information content (AvgIpc) is 2.49. The predicted octanol–water partition coefficient (Wildman–Crippen LogP) is 4.09. The lowest BCUT2D eigenvalue weighted by atomic mass is 10.0. The largest absolute Gasteiger partial charge is 0.486 e. The summed E-state index contributed by atoms with van der Waals surface area (Å²) < 4.78 is 84.0. The Hall–Kier alpha value is -2.39. The molecular formula is C16H14F6N2O2. The van der Waals surface area contributed by atoms with Crippen molar-refractivity contribution in [2.75, 3.05) is 18.0 Å². The van der Waals surface area contributed by atoms with Crippen molar-refractivity contribution in [3.63, 3.8) is 0 Å². The molecule has 26 heavy (non-hydrogen) atoms. The fourth-order valence-corrected chi connectivity index (χ4v) is 2.99. The number of rotatable bonds is 2. The molecule has 2 aromatic rings. The summed E-state index contributed by atoms with van der Waals surface area (Å²) in [5.41, 5.74) is -2.40. The average molecular weight is 380 g/mol. The highest BCUT2D eigenvalue weighted by Gasteiger charge is 2.37. The van der Waals surface area contributed by atoms with Gasteiger partial charge in [-0.15, -0.1) is 0 Å². The van der Waals surface area contributed by atoms with Gasteiger partial charge >= 0.3 is 12.4 Å². The zero-order valence-electron chi connectivity index (χ0n) is 13.5. The zero-order chi connectivity index (χ0) is 19.3. The Morgan fingerprint density at radius 3 is 2.46 bits per heavy atom. The Labute approximate surface area is 143 Å². The van der Waals surface area contributed by atoms with Crippen molar-refractivity contribution >= 4 is 16.6 Å². The lowest BCUT2D eigenvalue weighted by molar-refractivity contribution is -0.136. The lowest BCUT2D eigenvalue weighted by Gasteiger charge is -2.36. The second-order valence-electron chi connectivity index (χ2n) is 6.05. The molecular weight excluding hydrogens is 366 g/mol. The Morgan fingerprint density at radius 1 is 1.19 bits per heavy atom. The Kier molecular flexibility index (Phi) is 4.32. The Balaban J connectivity index is 2.22. The molecule has 0 bridgehead atoms. The topological polar surface area (TPSA) is 45.3 Å². The minimum atomic E-state index is -4.82. The van der Waals surface area contributed by atoms with Crippen molar-refractivity contribution in [3.8, 4) is 5.75 Å². The van der Waals surface area contributed by atoms with Crippen LogP contribution in [-0.2, 0) is 6.18 Å². The van der Waals surface area contributed by atoms with Gasteiger partial charge in [-0.3, -0.25) is 4.79 Å². The van der Waals surface area contributed by atoms with Gasteiger partial charge in [0.05, 0.1) is 23.3 Å². The van der Waals surface area contributed by atoms with Crippen LogP contribution >= 0.6 is 0 Å². The van der Waals surface area contributed by atoms with Crippen LogP contribution in [0.5, 0.6) is 5.75 Å². The third kappa shape index (κ3) is 3.58. The van der Waals surface area contributed by atoms with Crippen LogP contribution in [-0.4, -0.2) is 30.4 Å². The maximum atomic E-state index is 13.2. The molecule has 1 atom stereocenters. The molecule has 0 fully saturated rings. The number of nitrogens with one attached hydrogen (secondary N) is 1. The maximum Gasteiger partial charge on any atom is 0.417 e. The fraction of sp³-hybridized carbons (Fsp3) is 0.438. The van der Waals surface area contributed by atoms with Gasteiger partial charge in [0.25, 0.3) is 0 Å². The Morgan fingerprint density at radius 2 is 1.88 bits per heavy atom. The number of fused-ring (bicyclic) bond motifs is 2. The minimum Gasteiger partial charge on any atom is -0.486 e. The molecule has 0 radical (unpaired) electrons. The molecule has 0 aliphatic carbocycles. The molecule has 1 aliphatic rings. The van der Waals surface area contributed by atoms with Crippen molar-refractivity contribution in [1.82, 2.24) is 4.98 Å². The van der Waals surface area contributed by atoms with Gasteiger partial charge in [0.15, 0.2) is 0 Å². The first kappa shape index (κ1) is 18.4. The summed E-state index contributed by atoms with van der Waals surface area (Å²) in [6.45, 7) is 0.321. The molecule has 142 valence electrons. The first-order chi connectivity index (χ1) is 12.0. The summed E-state index contributed by atoms with van der Waals surface area (Å²) in [5.74, 6) is 0.00910. The molecule has 1 unspecified atom stereocenters. The molecule has 1 N–H and O–H groups in total. The SMILES string of the molecule is CCC1CN(CC(F)(F)F)c2cc3c(C(F)(F)F)cc(=O)[nH]c3cc2O1. The first-order valence-corrected chi connectivity index (χ1v) is 7.74. The molecule has 4 nitrogen and oxygen atoms in total. The molecule has 1 aromatic heterocycles. The predicted molar refractivity (Wildman–Crippen MR) is 82.5 cm³/mol. The van der Waals surface area contributed by atoms with Crippen LogP contribution in [0.15, 0.2) is 23.0 Å². The highest BCUT2D eigenvalue weighted by Crippen LogP contribution is 2.41. The number of benzene rings is 1. The summed E-state index contributed by atoms with van der Waals surface area (Å²) in [6.07, 6.45) is -9.47. The zero-order valence-corrected chi connectivity index (χ0v) is 13.5. The van der Waals surface area contributed by atoms with Gasteiger partial charge in [-0.1, -0.05) is 6.92 Å². The highest BCUT2D eigenvalue weighted by molar-refractivity contribution is 5.89. The van der Waals surface area contributed by atoms with Crippen LogP contribution in [0.25, 0.3) is 10.9 Å². The smallest absolute Gasteiger partial charge is 0.417 e. The molecule has 0 amide bonds. The number of nitrogens with zero attached hydrogens (tertiary/aromatic N) is 1. The van der Waals surface area contributed by atoms with E-state index in [4.69, 9.17) is 4.74 Å². The number of H-pyrrole nitrogens is 1. The molecule has 1 aliphatic heterocycles. The van der Waals surface area contributed by atoms with Crippen molar-refractivity contribution in [3.05, 3.63) is 34.1 Å². The third-order valence-corrected chi connectivity index (χ3v) is 4.11. The lowest BCUT2D eigenvalue weighted by Crippen LogP contribution is -2.44. The van der Waals surface area contributed by atoms with E-state index in [-0.39, 0.29) is 28.9 Å². The van der Waals surface area contributed by atoms with Gasteiger partial charge in [0, 0.05) is 17.5 Å². The van der Waals surface area contributed by atoms with Crippen molar-refractivity contribution in [1.29, 1.82) is 0 Å². The van der Waals surface area contributed by atoms with E-state index in [1.807, 2.05) is 0 Å². The number of aromatic amines is 1. The summed E-state index contributed by atoms with van der Waals surface area (Å²) in [6, 6.07) is 2.52. The molecule has 0 saturated carbocycles. The van der Waals surface area contributed by atoms with Gasteiger partial charge in [0.1, 0.15) is 18.4 Å². The van der Waals surface area contributed by atoms with Crippen LogP contribution in [0.2, 0.25) is 0 Å². The number of halogens is 6. The number of anilines is 1. The number of pyridine rings is 1. The molecule has 0 spiro atoms. The highest BCUT2D eigenvalue weighted by atomic mass is 19.4.